The summed E-state index contributed by atoms with van der Waals surface area (Å²) in [4.78, 5) is 23.0. The number of furan rings is 1. The number of nitro groups is 1. The number of carbonyl (C=O) groups excluding carboxylic acids is 1. The molecular weight excluding hydrogens is 450 g/mol. The molecule has 0 aliphatic carbocycles. The number of amides is 1. The predicted octanol–water partition coefficient (Wildman–Crippen LogP) is 5.78. The Balaban J connectivity index is 1.86. The number of benzene rings is 2. The maximum Gasteiger partial charge on any atom is 0.270 e. The number of non-ortho nitro benzene ring substituents is 1. The summed E-state index contributed by atoms with van der Waals surface area (Å²) in [5, 5.41) is 23.1. The van der Waals surface area contributed by atoms with E-state index in [2.05, 4.69) is 21.2 Å². The van der Waals surface area contributed by atoms with Crippen molar-refractivity contribution in [2.24, 2.45) is 0 Å². The van der Waals surface area contributed by atoms with Crippen LogP contribution in [0.3, 0.4) is 0 Å². The fourth-order valence-corrected chi connectivity index (χ4v) is 3.44. The fourth-order valence-electron chi connectivity index (χ4n) is 2.88. The van der Waals surface area contributed by atoms with Crippen molar-refractivity contribution in [2.75, 3.05) is 5.32 Å². The monoisotopic (exact) mass is 465 g/mol. The Morgan fingerprint density at radius 3 is 2.50 bits per heavy atom. The zero-order valence-corrected chi connectivity index (χ0v) is 17.7. The lowest BCUT2D eigenvalue weighted by Crippen LogP contribution is -2.15. The van der Waals surface area contributed by atoms with Crippen LogP contribution in [0.25, 0.3) is 17.4 Å². The standard InChI is InChI=1S/C22H16BrN3O4/c1-13-4-3-5-14(2)21(13)25-22(27)15(12-24)10-17-7-9-20(30-17)18-8-6-16(26(28)29)11-19(18)23/h3-11H,1-2H3,(H,25,27)/b15-10-. The number of nitrogens with zero attached hydrogens (tertiary/aromatic N) is 2. The van der Waals surface area contributed by atoms with E-state index >= 15 is 0 Å². The van der Waals surface area contributed by atoms with Gasteiger partial charge in [0.2, 0.25) is 0 Å². The van der Waals surface area contributed by atoms with Crippen LogP contribution in [0.1, 0.15) is 16.9 Å². The van der Waals surface area contributed by atoms with E-state index in [1.165, 1.54) is 18.2 Å². The molecule has 1 heterocycles. The Morgan fingerprint density at radius 1 is 1.20 bits per heavy atom. The number of para-hydroxylation sites is 1. The van der Waals surface area contributed by atoms with Gasteiger partial charge in [-0.15, -0.1) is 0 Å². The van der Waals surface area contributed by atoms with Crippen LogP contribution >= 0.6 is 15.9 Å². The first kappa shape index (κ1) is 21.0. The van der Waals surface area contributed by atoms with Gasteiger partial charge in [0, 0.05) is 33.9 Å². The zero-order chi connectivity index (χ0) is 21.8. The van der Waals surface area contributed by atoms with Crippen molar-refractivity contribution in [3.8, 4) is 17.4 Å². The van der Waals surface area contributed by atoms with Crippen molar-refractivity contribution in [2.45, 2.75) is 13.8 Å². The van der Waals surface area contributed by atoms with Gasteiger partial charge in [0.05, 0.1) is 4.92 Å². The Morgan fingerprint density at radius 2 is 1.90 bits per heavy atom. The third-order valence-corrected chi connectivity index (χ3v) is 5.08. The van der Waals surface area contributed by atoms with Gasteiger partial charge in [0.25, 0.3) is 11.6 Å². The lowest BCUT2D eigenvalue weighted by Gasteiger charge is -2.10. The lowest BCUT2D eigenvalue weighted by molar-refractivity contribution is -0.384. The number of halogens is 1. The molecule has 1 N–H and O–H groups in total. The number of carbonyl (C=O) groups is 1. The van der Waals surface area contributed by atoms with Gasteiger partial charge in [-0.2, -0.15) is 5.26 Å². The van der Waals surface area contributed by atoms with Crippen LogP contribution in [-0.4, -0.2) is 10.8 Å². The molecule has 1 aromatic heterocycles. The first-order valence-electron chi connectivity index (χ1n) is 8.83. The minimum absolute atomic E-state index is 0.0489. The van der Waals surface area contributed by atoms with Gasteiger partial charge in [-0.1, -0.05) is 18.2 Å². The molecule has 0 aliphatic heterocycles. The molecule has 0 saturated carbocycles. The van der Waals surface area contributed by atoms with Crippen molar-refractivity contribution in [3.05, 3.63) is 85.6 Å². The highest BCUT2D eigenvalue weighted by molar-refractivity contribution is 9.10. The van der Waals surface area contributed by atoms with Gasteiger partial charge in [-0.25, -0.2) is 0 Å². The van der Waals surface area contributed by atoms with Crippen molar-refractivity contribution in [3.63, 3.8) is 0 Å². The van der Waals surface area contributed by atoms with Gasteiger partial charge >= 0.3 is 0 Å². The molecule has 150 valence electrons. The molecule has 0 aliphatic rings. The van der Waals surface area contributed by atoms with E-state index in [1.54, 1.807) is 18.2 Å². The van der Waals surface area contributed by atoms with Crippen LogP contribution in [0, 0.1) is 35.3 Å². The second-order valence-corrected chi connectivity index (χ2v) is 7.37. The van der Waals surface area contributed by atoms with E-state index in [4.69, 9.17) is 4.42 Å². The molecule has 3 aromatic rings. The SMILES string of the molecule is Cc1cccc(C)c1NC(=O)/C(C#N)=C\c1ccc(-c2ccc([N+](=O)[O-])cc2Br)o1. The molecular formula is C22H16BrN3O4. The Labute approximate surface area is 180 Å². The van der Waals surface area contributed by atoms with Gasteiger partial charge in [0.15, 0.2) is 0 Å². The van der Waals surface area contributed by atoms with Crippen LogP contribution < -0.4 is 5.32 Å². The smallest absolute Gasteiger partial charge is 0.270 e. The third-order valence-electron chi connectivity index (χ3n) is 4.43. The van der Waals surface area contributed by atoms with Crippen molar-refractivity contribution < 1.29 is 14.1 Å². The average molecular weight is 466 g/mol. The Bertz CT molecular complexity index is 1200. The number of rotatable bonds is 5. The third kappa shape index (κ3) is 4.47. The first-order chi connectivity index (χ1) is 14.3. The van der Waals surface area contributed by atoms with Crippen molar-refractivity contribution >= 4 is 39.3 Å². The maximum absolute atomic E-state index is 12.6. The normalized spacial score (nSPS) is 11.1. The number of hydrogen-bond donors (Lipinski definition) is 1. The number of nitriles is 1. The topological polar surface area (TPSA) is 109 Å². The van der Waals surface area contributed by atoms with Gasteiger partial charge in [-0.05, 0) is 59.1 Å². The quantitative estimate of drug-likeness (QED) is 0.222. The summed E-state index contributed by atoms with van der Waals surface area (Å²) in [5.41, 5.74) is 2.90. The largest absolute Gasteiger partial charge is 0.457 e. The fraction of sp³-hybridized carbons (Fsp3) is 0.0909. The van der Waals surface area contributed by atoms with Gasteiger partial charge in [-0.3, -0.25) is 14.9 Å². The number of aryl methyl sites for hydroxylation is 2. The second kappa shape index (κ2) is 8.76. The summed E-state index contributed by atoms with van der Waals surface area (Å²) in [6.45, 7) is 3.75. The molecule has 0 spiro atoms. The molecule has 2 aromatic carbocycles. The van der Waals surface area contributed by atoms with Crippen LogP contribution in [0.5, 0.6) is 0 Å². The van der Waals surface area contributed by atoms with E-state index in [1.807, 2.05) is 38.1 Å². The molecule has 7 nitrogen and oxygen atoms in total. The first-order valence-corrected chi connectivity index (χ1v) is 9.63. The number of hydrogen-bond acceptors (Lipinski definition) is 5. The van der Waals surface area contributed by atoms with E-state index in [0.29, 0.717) is 27.2 Å². The summed E-state index contributed by atoms with van der Waals surface area (Å²) in [6.07, 6.45) is 1.35. The maximum atomic E-state index is 12.6. The van der Waals surface area contributed by atoms with Crippen LogP contribution in [0.2, 0.25) is 0 Å². The molecule has 30 heavy (non-hydrogen) atoms. The number of anilines is 1. The summed E-state index contributed by atoms with van der Waals surface area (Å²) >= 11 is 3.30. The summed E-state index contributed by atoms with van der Waals surface area (Å²) in [6, 6.07) is 15.1. The lowest BCUT2D eigenvalue weighted by atomic mass is 10.1. The number of nitrogens with one attached hydrogen (secondary N) is 1. The van der Waals surface area contributed by atoms with E-state index in [-0.39, 0.29) is 11.3 Å². The Hall–Kier alpha value is -3.70. The van der Waals surface area contributed by atoms with Crippen LogP contribution in [0.4, 0.5) is 11.4 Å². The van der Waals surface area contributed by atoms with E-state index < -0.39 is 10.8 Å². The minimum atomic E-state index is -0.538. The van der Waals surface area contributed by atoms with Crippen LogP contribution in [-0.2, 0) is 4.79 Å². The highest BCUT2D eigenvalue weighted by Gasteiger charge is 2.15. The van der Waals surface area contributed by atoms with Crippen molar-refractivity contribution in [1.29, 1.82) is 5.26 Å². The van der Waals surface area contributed by atoms with Crippen LogP contribution in [0.15, 0.2) is 63.0 Å². The molecule has 0 atom stereocenters. The molecule has 8 heteroatoms. The zero-order valence-electron chi connectivity index (χ0n) is 16.1. The van der Waals surface area contributed by atoms with Gasteiger partial charge < -0.3 is 9.73 Å². The highest BCUT2D eigenvalue weighted by atomic mass is 79.9. The molecule has 3 rings (SSSR count). The van der Waals surface area contributed by atoms with E-state index in [9.17, 15) is 20.2 Å². The molecule has 0 radical (unpaired) electrons. The molecule has 0 saturated heterocycles. The minimum Gasteiger partial charge on any atom is -0.457 e. The van der Waals surface area contributed by atoms with E-state index in [0.717, 1.165) is 11.1 Å². The Kier molecular flexibility index (Phi) is 6.14. The predicted molar refractivity (Wildman–Crippen MR) is 117 cm³/mol. The molecule has 0 unspecified atom stereocenters. The molecule has 0 fully saturated rings. The summed E-state index contributed by atoms with van der Waals surface area (Å²) < 4.78 is 6.22. The second-order valence-electron chi connectivity index (χ2n) is 6.51. The van der Waals surface area contributed by atoms with Crippen molar-refractivity contribution in [1.82, 2.24) is 0 Å². The molecule has 1 amide bonds. The highest BCUT2D eigenvalue weighted by Crippen LogP contribution is 2.33. The van der Waals surface area contributed by atoms with Gasteiger partial charge in [0.1, 0.15) is 23.2 Å². The summed E-state index contributed by atoms with van der Waals surface area (Å²) in [5.74, 6) is 0.211. The number of nitro benzene ring substituents is 1. The summed E-state index contributed by atoms with van der Waals surface area (Å²) in [7, 11) is 0. The molecule has 0 bridgehead atoms. The average Bonchev–Trinajstić information content (AvgIpc) is 3.17.